The number of aromatic nitrogens is 1. The van der Waals surface area contributed by atoms with E-state index in [1.54, 1.807) is 18.4 Å². The molecule has 0 atom stereocenters. The second-order valence-corrected chi connectivity index (χ2v) is 7.51. The highest BCUT2D eigenvalue weighted by molar-refractivity contribution is 14.0. The Bertz CT molecular complexity index is 733. The number of guanidine groups is 1. The van der Waals surface area contributed by atoms with Crippen LogP contribution in [0, 0.1) is 6.92 Å². The Hall–Kier alpha value is -1.39. The number of hydrogen-bond donors (Lipinski definition) is 2. The van der Waals surface area contributed by atoms with Crippen LogP contribution in [0.1, 0.15) is 30.1 Å². The van der Waals surface area contributed by atoms with Crippen LogP contribution in [0.3, 0.4) is 0 Å². The summed E-state index contributed by atoms with van der Waals surface area (Å²) < 4.78 is 6.03. The highest BCUT2D eigenvalue weighted by Crippen LogP contribution is 2.17. The molecule has 0 fully saturated rings. The summed E-state index contributed by atoms with van der Waals surface area (Å²) in [6.45, 7) is 11.6. The first-order valence-corrected chi connectivity index (χ1v) is 10.8. The van der Waals surface area contributed by atoms with E-state index in [-0.39, 0.29) is 24.0 Å². The maximum Gasteiger partial charge on any atom is 0.191 e. The predicted octanol–water partition coefficient (Wildman–Crippen LogP) is 3.70. The number of thiazole rings is 1. The standard InChI is InChI=1S/C21H33N5OS.HI/c1-5-26(6-2)13-14-27-20-10-8-7-9-18(20)15-24-21(22-4)23-12-11-19-16-28-17(3)25-19;/h7-10,16H,5-6,11-15H2,1-4H3,(H2,22,23,24);1H. The lowest BCUT2D eigenvalue weighted by Gasteiger charge is -2.19. The maximum atomic E-state index is 6.03. The van der Waals surface area contributed by atoms with Crippen molar-refractivity contribution in [1.29, 1.82) is 0 Å². The Kier molecular flexibility index (Phi) is 12.9. The van der Waals surface area contributed by atoms with Crippen LogP contribution in [-0.4, -0.2) is 55.7 Å². The summed E-state index contributed by atoms with van der Waals surface area (Å²) in [5.41, 5.74) is 2.25. The lowest BCUT2D eigenvalue weighted by molar-refractivity contribution is 0.221. The summed E-state index contributed by atoms with van der Waals surface area (Å²) in [6.07, 6.45) is 0.885. The van der Waals surface area contributed by atoms with E-state index in [1.165, 1.54) is 0 Å². The van der Waals surface area contributed by atoms with Gasteiger partial charge in [-0.25, -0.2) is 4.98 Å². The van der Waals surface area contributed by atoms with E-state index >= 15 is 0 Å². The average Bonchev–Trinajstić information content (AvgIpc) is 3.13. The minimum atomic E-state index is 0. The summed E-state index contributed by atoms with van der Waals surface area (Å²) in [6, 6.07) is 8.17. The third kappa shape index (κ3) is 9.31. The van der Waals surface area contributed by atoms with E-state index in [9.17, 15) is 0 Å². The molecule has 1 aromatic carbocycles. The largest absolute Gasteiger partial charge is 0.492 e. The molecule has 6 nitrogen and oxygen atoms in total. The van der Waals surface area contributed by atoms with E-state index in [4.69, 9.17) is 4.74 Å². The molecule has 0 saturated heterocycles. The van der Waals surface area contributed by atoms with Gasteiger partial charge in [-0.2, -0.15) is 0 Å². The summed E-state index contributed by atoms with van der Waals surface area (Å²) in [7, 11) is 1.79. The van der Waals surface area contributed by atoms with Gasteiger partial charge in [0.25, 0.3) is 0 Å². The van der Waals surface area contributed by atoms with Gasteiger partial charge in [-0.1, -0.05) is 32.0 Å². The summed E-state index contributed by atoms with van der Waals surface area (Å²) in [4.78, 5) is 11.2. The molecule has 0 bridgehead atoms. The first-order chi connectivity index (χ1) is 13.7. The number of aryl methyl sites for hydroxylation is 1. The number of likely N-dealkylation sites (N-methyl/N-ethyl adjacent to an activating group) is 1. The normalized spacial score (nSPS) is 11.3. The Morgan fingerprint density at radius 2 is 1.97 bits per heavy atom. The number of rotatable bonds is 11. The summed E-state index contributed by atoms with van der Waals surface area (Å²) in [5, 5.41) is 9.93. The van der Waals surface area contributed by atoms with E-state index < -0.39 is 0 Å². The number of hydrogen-bond acceptors (Lipinski definition) is 5. The number of ether oxygens (including phenoxy) is 1. The van der Waals surface area contributed by atoms with Crippen LogP contribution in [0.4, 0.5) is 0 Å². The molecule has 8 heteroatoms. The van der Waals surface area contributed by atoms with Gasteiger partial charge in [0.15, 0.2) is 5.96 Å². The molecule has 1 heterocycles. The summed E-state index contributed by atoms with van der Waals surface area (Å²) in [5.74, 6) is 1.71. The first kappa shape index (κ1) is 25.6. The molecular formula is C21H34IN5OS. The maximum absolute atomic E-state index is 6.03. The molecule has 1 aromatic heterocycles. The fourth-order valence-electron chi connectivity index (χ4n) is 2.85. The molecule has 0 amide bonds. The van der Waals surface area contributed by atoms with E-state index in [2.05, 4.69) is 50.8 Å². The van der Waals surface area contributed by atoms with E-state index in [1.807, 2.05) is 25.1 Å². The van der Waals surface area contributed by atoms with Gasteiger partial charge in [-0.15, -0.1) is 35.3 Å². The average molecular weight is 532 g/mol. The van der Waals surface area contributed by atoms with Crippen LogP contribution in [0.15, 0.2) is 34.6 Å². The van der Waals surface area contributed by atoms with Crippen molar-refractivity contribution in [2.75, 3.05) is 39.8 Å². The smallest absolute Gasteiger partial charge is 0.191 e. The zero-order valence-electron chi connectivity index (χ0n) is 17.9. The van der Waals surface area contributed by atoms with Crippen molar-refractivity contribution in [3.8, 4) is 5.75 Å². The SMILES string of the molecule is CCN(CC)CCOc1ccccc1CNC(=NC)NCCc1csc(C)n1.I. The number of halogens is 1. The van der Waals surface area contributed by atoms with Crippen molar-refractivity contribution in [3.05, 3.63) is 45.9 Å². The van der Waals surface area contributed by atoms with Crippen molar-refractivity contribution in [2.24, 2.45) is 4.99 Å². The van der Waals surface area contributed by atoms with Gasteiger partial charge < -0.3 is 20.3 Å². The Morgan fingerprint density at radius 3 is 2.62 bits per heavy atom. The van der Waals surface area contributed by atoms with Gasteiger partial charge in [0, 0.05) is 44.0 Å². The van der Waals surface area contributed by atoms with Gasteiger partial charge >= 0.3 is 0 Å². The summed E-state index contributed by atoms with van der Waals surface area (Å²) >= 11 is 1.69. The van der Waals surface area contributed by atoms with Gasteiger partial charge in [0.2, 0.25) is 0 Å². The minimum absolute atomic E-state index is 0. The van der Waals surface area contributed by atoms with Gasteiger partial charge in [0.05, 0.1) is 10.7 Å². The monoisotopic (exact) mass is 531 g/mol. The number of para-hydroxylation sites is 1. The second-order valence-electron chi connectivity index (χ2n) is 6.44. The minimum Gasteiger partial charge on any atom is -0.492 e. The molecule has 0 aliphatic carbocycles. The second kappa shape index (κ2) is 14.6. The quantitative estimate of drug-likeness (QED) is 0.263. The van der Waals surface area contributed by atoms with Crippen LogP contribution in [0.5, 0.6) is 5.75 Å². The third-order valence-electron chi connectivity index (χ3n) is 4.54. The van der Waals surface area contributed by atoms with Crippen molar-refractivity contribution >= 4 is 41.3 Å². The lowest BCUT2D eigenvalue weighted by Crippen LogP contribution is -2.38. The molecule has 0 radical (unpaired) electrons. The van der Waals surface area contributed by atoms with Crippen molar-refractivity contribution < 1.29 is 4.74 Å². The Morgan fingerprint density at radius 1 is 1.21 bits per heavy atom. The zero-order valence-corrected chi connectivity index (χ0v) is 21.0. The van der Waals surface area contributed by atoms with Crippen molar-refractivity contribution in [1.82, 2.24) is 20.5 Å². The number of nitrogens with zero attached hydrogens (tertiary/aromatic N) is 3. The molecular weight excluding hydrogens is 497 g/mol. The topological polar surface area (TPSA) is 61.8 Å². The first-order valence-electron chi connectivity index (χ1n) is 9.94. The van der Waals surface area contributed by atoms with E-state index in [0.29, 0.717) is 13.2 Å². The number of aliphatic imine (C=N–C) groups is 1. The van der Waals surface area contributed by atoms with Gasteiger partial charge in [-0.05, 0) is 26.1 Å². The van der Waals surface area contributed by atoms with Crippen molar-refractivity contribution in [3.63, 3.8) is 0 Å². The predicted molar refractivity (Wildman–Crippen MR) is 134 cm³/mol. The number of nitrogens with one attached hydrogen (secondary N) is 2. The van der Waals surface area contributed by atoms with Crippen LogP contribution in [0.2, 0.25) is 0 Å². The molecule has 0 aliphatic heterocycles. The number of benzene rings is 1. The Labute approximate surface area is 196 Å². The van der Waals surface area contributed by atoms with Crippen LogP contribution < -0.4 is 15.4 Å². The molecule has 2 rings (SSSR count). The van der Waals surface area contributed by atoms with Crippen LogP contribution in [0.25, 0.3) is 0 Å². The molecule has 0 unspecified atom stereocenters. The van der Waals surface area contributed by atoms with Crippen molar-refractivity contribution in [2.45, 2.75) is 33.7 Å². The van der Waals surface area contributed by atoms with Gasteiger partial charge in [-0.3, -0.25) is 4.99 Å². The van der Waals surface area contributed by atoms with E-state index in [0.717, 1.165) is 60.6 Å². The third-order valence-corrected chi connectivity index (χ3v) is 5.36. The molecule has 2 aromatic rings. The molecule has 0 saturated carbocycles. The molecule has 0 aliphatic rings. The highest BCUT2D eigenvalue weighted by atomic mass is 127. The molecule has 162 valence electrons. The van der Waals surface area contributed by atoms with Crippen LogP contribution >= 0.6 is 35.3 Å². The fraction of sp³-hybridized carbons (Fsp3) is 0.524. The molecule has 0 spiro atoms. The zero-order chi connectivity index (χ0) is 20.2. The molecule has 2 N–H and O–H groups in total. The highest BCUT2D eigenvalue weighted by Gasteiger charge is 2.06. The lowest BCUT2D eigenvalue weighted by atomic mass is 10.2. The van der Waals surface area contributed by atoms with Gasteiger partial charge in [0.1, 0.15) is 12.4 Å². The Balaban J connectivity index is 0.00000420. The fourth-order valence-corrected chi connectivity index (χ4v) is 3.49. The molecule has 29 heavy (non-hydrogen) atoms. The van der Waals surface area contributed by atoms with Crippen LogP contribution in [-0.2, 0) is 13.0 Å².